The molecule has 2 unspecified atom stereocenters. The van der Waals surface area contributed by atoms with Crippen molar-refractivity contribution in [2.24, 2.45) is 5.73 Å². The van der Waals surface area contributed by atoms with E-state index in [2.05, 4.69) is 16.8 Å². The number of aryl methyl sites for hydroxylation is 1. The largest absolute Gasteiger partial charge is 0.377 e. The van der Waals surface area contributed by atoms with E-state index in [9.17, 15) is 0 Å². The Bertz CT molecular complexity index is 390. The first-order valence-corrected chi connectivity index (χ1v) is 7.53. The maximum Gasteiger partial charge on any atom is 0.185 e. The van der Waals surface area contributed by atoms with Gasteiger partial charge >= 0.3 is 0 Å². The molecule has 0 radical (unpaired) electrons. The minimum absolute atomic E-state index is 0.0729. The molecule has 0 spiro atoms. The molecule has 102 valence electrons. The second-order valence-corrected chi connectivity index (χ2v) is 5.91. The van der Waals surface area contributed by atoms with E-state index in [0.29, 0.717) is 6.10 Å². The fraction of sp³-hybridized carbons (Fsp3) is 0.769. The van der Waals surface area contributed by atoms with Crippen molar-refractivity contribution < 1.29 is 4.74 Å². The highest BCUT2D eigenvalue weighted by Crippen LogP contribution is 2.31. The van der Waals surface area contributed by atoms with Gasteiger partial charge in [0.15, 0.2) is 5.13 Å². The van der Waals surface area contributed by atoms with Gasteiger partial charge in [0.05, 0.1) is 11.8 Å². The molecule has 2 N–H and O–H groups in total. The third kappa shape index (κ3) is 3.02. The SMILES string of the molecule is CCOC1CCCN(c2nc(C)c(C(C)N)s2)C1. The minimum Gasteiger partial charge on any atom is -0.377 e. The van der Waals surface area contributed by atoms with Crippen LogP contribution in [0.3, 0.4) is 0 Å². The number of rotatable bonds is 4. The third-order valence-electron chi connectivity index (χ3n) is 3.29. The maximum atomic E-state index is 5.96. The van der Waals surface area contributed by atoms with Crippen molar-refractivity contribution >= 4 is 16.5 Å². The van der Waals surface area contributed by atoms with Gasteiger partial charge in [0.1, 0.15) is 0 Å². The van der Waals surface area contributed by atoms with Crippen molar-refractivity contribution in [3.8, 4) is 0 Å². The number of hydrogen-bond donors (Lipinski definition) is 1. The lowest BCUT2D eigenvalue weighted by Crippen LogP contribution is -2.39. The molecule has 2 atom stereocenters. The summed E-state index contributed by atoms with van der Waals surface area (Å²) < 4.78 is 5.73. The Morgan fingerprint density at radius 1 is 1.61 bits per heavy atom. The van der Waals surface area contributed by atoms with Gasteiger partial charge in [0.25, 0.3) is 0 Å². The quantitative estimate of drug-likeness (QED) is 0.912. The van der Waals surface area contributed by atoms with Gasteiger partial charge in [-0.2, -0.15) is 0 Å². The summed E-state index contributed by atoms with van der Waals surface area (Å²) in [7, 11) is 0. The summed E-state index contributed by atoms with van der Waals surface area (Å²) in [5.74, 6) is 0. The summed E-state index contributed by atoms with van der Waals surface area (Å²) in [5, 5.41) is 1.10. The van der Waals surface area contributed by atoms with Gasteiger partial charge in [-0.25, -0.2) is 4.98 Å². The summed E-state index contributed by atoms with van der Waals surface area (Å²) >= 11 is 1.73. The molecule has 5 heteroatoms. The number of nitrogens with two attached hydrogens (primary N) is 1. The Hall–Kier alpha value is -0.650. The third-order valence-corrected chi connectivity index (χ3v) is 4.70. The summed E-state index contributed by atoms with van der Waals surface area (Å²) in [5.41, 5.74) is 7.03. The highest BCUT2D eigenvalue weighted by Gasteiger charge is 2.23. The first-order chi connectivity index (χ1) is 8.61. The van der Waals surface area contributed by atoms with Crippen LogP contribution in [0, 0.1) is 6.92 Å². The summed E-state index contributed by atoms with van der Waals surface area (Å²) in [4.78, 5) is 8.20. The second kappa shape index (κ2) is 5.99. The Balaban J connectivity index is 2.08. The zero-order valence-electron chi connectivity index (χ0n) is 11.5. The molecule has 0 saturated carbocycles. The Morgan fingerprint density at radius 2 is 2.39 bits per heavy atom. The molecule has 18 heavy (non-hydrogen) atoms. The monoisotopic (exact) mass is 269 g/mol. The van der Waals surface area contributed by atoms with E-state index in [0.717, 1.165) is 36.9 Å². The van der Waals surface area contributed by atoms with E-state index >= 15 is 0 Å². The lowest BCUT2D eigenvalue weighted by atomic mass is 10.1. The molecule has 4 nitrogen and oxygen atoms in total. The van der Waals surface area contributed by atoms with E-state index in [1.165, 1.54) is 11.3 Å². The van der Waals surface area contributed by atoms with Crippen molar-refractivity contribution in [3.05, 3.63) is 10.6 Å². The van der Waals surface area contributed by atoms with E-state index in [4.69, 9.17) is 10.5 Å². The van der Waals surface area contributed by atoms with E-state index in [-0.39, 0.29) is 6.04 Å². The van der Waals surface area contributed by atoms with Crippen LogP contribution in [0.1, 0.15) is 43.3 Å². The molecule has 2 rings (SSSR count). The molecule has 1 fully saturated rings. The van der Waals surface area contributed by atoms with Crippen molar-refractivity contribution in [3.63, 3.8) is 0 Å². The highest BCUT2D eigenvalue weighted by atomic mass is 32.1. The van der Waals surface area contributed by atoms with Crippen molar-refractivity contribution in [1.29, 1.82) is 0 Å². The normalized spacial score (nSPS) is 22.2. The van der Waals surface area contributed by atoms with Gasteiger partial charge < -0.3 is 15.4 Å². The molecule has 1 aliphatic heterocycles. The van der Waals surface area contributed by atoms with E-state index < -0.39 is 0 Å². The molecule has 1 aliphatic rings. The number of nitrogens with zero attached hydrogens (tertiary/aromatic N) is 2. The predicted molar refractivity (Wildman–Crippen MR) is 76.3 cm³/mol. The Morgan fingerprint density at radius 3 is 3.00 bits per heavy atom. The molecule has 0 amide bonds. The van der Waals surface area contributed by atoms with E-state index in [1.807, 2.05) is 13.8 Å². The highest BCUT2D eigenvalue weighted by molar-refractivity contribution is 7.15. The van der Waals surface area contributed by atoms with Crippen molar-refractivity contribution in [1.82, 2.24) is 4.98 Å². The van der Waals surface area contributed by atoms with Crippen LogP contribution in [0.4, 0.5) is 5.13 Å². The molecule has 1 aromatic rings. The lowest BCUT2D eigenvalue weighted by molar-refractivity contribution is 0.0526. The smallest absolute Gasteiger partial charge is 0.185 e. The lowest BCUT2D eigenvalue weighted by Gasteiger charge is -2.32. The number of thiazole rings is 1. The Labute approximate surface area is 113 Å². The fourth-order valence-corrected chi connectivity index (χ4v) is 3.49. The number of anilines is 1. The van der Waals surface area contributed by atoms with Crippen LogP contribution in [0.2, 0.25) is 0 Å². The molecule has 0 aromatic carbocycles. The molecule has 1 aromatic heterocycles. The van der Waals surface area contributed by atoms with Crippen LogP contribution >= 0.6 is 11.3 Å². The maximum absolute atomic E-state index is 5.96. The van der Waals surface area contributed by atoms with Crippen LogP contribution in [-0.2, 0) is 4.74 Å². The number of hydrogen-bond acceptors (Lipinski definition) is 5. The predicted octanol–water partition coefficient (Wildman–Crippen LogP) is 2.48. The van der Waals surface area contributed by atoms with Crippen LogP contribution in [0.25, 0.3) is 0 Å². The van der Waals surface area contributed by atoms with Crippen LogP contribution in [0.15, 0.2) is 0 Å². The first-order valence-electron chi connectivity index (χ1n) is 6.71. The summed E-state index contributed by atoms with van der Waals surface area (Å²) in [6, 6.07) is 0.0729. The van der Waals surface area contributed by atoms with Crippen LogP contribution in [0.5, 0.6) is 0 Å². The van der Waals surface area contributed by atoms with Gasteiger partial charge in [0.2, 0.25) is 0 Å². The van der Waals surface area contributed by atoms with Gasteiger partial charge in [-0.15, -0.1) is 11.3 Å². The average Bonchev–Trinajstić information content (AvgIpc) is 2.72. The second-order valence-electron chi connectivity index (χ2n) is 4.90. The van der Waals surface area contributed by atoms with Gasteiger partial charge in [0, 0.05) is 30.6 Å². The zero-order chi connectivity index (χ0) is 13.1. The van der Waals surface area contributed by atoms with Gasteiger partial charge in [-0.05, 0) is 33.6 Å². The molecule has 1 saturated heterocycles. The molecule has 0 aliphatic carbocycles. The molecular formula is C13H23N3OS. The summed E-state index contributed by atoms with van der Waals surface area (Å²) in [6.45, 7) is 8.95. The topological polar surface area (TPSA) is 51.4 Å². The zero-order valence-corrected chi connectivity index (χ0v) is 12.3. The fourth-order valence-electron chi connectivity index (χ4n) is 2.43. The summed E-state index contributed by atoms with van der Waals surface area (Å²) in [6.07, 6.45) is 2.69. The van der Waals surface area contributed by atoms with Gasteiger partial charge in [-0.1, -0.05) is 0 Å². The number of aromatic nitrogens is 1. The van der Waals surface area contributed by atoms with E-state index in [1.54, 1.807) is 11.3 Å². The van der Waals surface area contributed by atoms with Crippen molar-refractivity contribution in [2.45, 2.75) is 45.8 Å². The molecular weight excluding hydrogens is 246 g/mol. The first kappa shape index (κ1) is 13.8. The van der Waals surface area contributed by atoms with Crippen LogP contribution < -0.4 is 10.6 Å². The molecule has 2 heterocycles. The standard InChI is InChI=1S/C13H23N3OS/c1-4-17-11-6-5-7-16(8-11)13-15-10(3)12(18-13)9(2)14/h9,11H,4-8,14H2,1-3H3. The van der Waals surface area contributed by atoms with Crippen LogP contribution in [-0.4, -0.2) is 30.8 Å². The molecule has 0 bridgehead atoms. The minimum atomic E-state index is 0.0729. The number of ether oxygens (including phenoxy) is 1. The average molecular weight is 269 g/mol. The van der Waals surface area contributed by atoms with Crippen molar-refractivity contribution in [2.75, 3.05) is 24.6 Å². The Kier molecular flexibility index (Phi) is 4.59. The number of piperidine rings is 1. The van der Waals surface area contributed by atoms with Gasteiger partial charge in [-0.3, -0.25) is 0 Å².